The van der Waals surface area contributed by atoms with Crippen LogP contribution in [0.3, 0.4) is 0 Å². The second-order valence-electron chi connectivity index (χ2n) is 6.75. The van der Waals surface area contributed by atoms with Gasteiger partial charge in [0.25, 0.3) is 5.91 Å². The number of hydrogen-bond acceptors (Lipinski definition) is 5. The number of nitrogens with zero attached hydrogens (tertiary/aromatic N) is 6. The third-order valence-electron chi connectivity index (χ3n) is 4.86. The Hall–Kier alpha value is -3.22. The molecule has 0 spiro atoms. The molecule has 0 N–H and O–H groups in total. The molecule has 0 aliphatic carbocycles. The molecule has 7 nitrogen and oxygen atoms in total. The van der Waals surface area contributed by atoms with E-state index in [0.717, 1.165) is 35.7 Å². The predicted molar refractivity (Wildman–Crippen MR) is 103 cm³/mol. The van der Waals surface area contributed by atoms with E-state index in [0.29, 0.717) is 18.9 Å². The summed E-state index contributed by atoms with van der Waals surface area (Å²) < 4.78 is 1.71. The van der Waals surface area contributed by atoms with Gasteiger partial charge in [0.15, 0.2) is 11.6 Å². The van der Waals surface area contributed by atoms with Gasteiger partial charge >= 0.3 is 0 Å². The van der Waals surface area contributed by atoms with E-state index in [-0.39, 0.29) is 5.91 Å². The predicted octanol–water partition coefficient (Wildman–Crippen LogP) is 2.24. The first-order valence-corrected chi connectivity index (χ1v) is 9.08. The van der Waals surface area contributed by atoms with E-state index < -0.39 is 0 Å². The zero-order valence-corrected chi connectivity index (χ0v) is 15.5. The minimum Gasteiger partial charge on any atom is -0.352 e. The lowest BCUT2D eigenvalue weighted by molar-refractivity contribution is 0.0745. The molecule has 0 radical (unpaired) electrons. The maximum atomic E-state index is 12.7. The minimum atomic E-state index is 0.100. The van der Waals surface area contributed by atoms with Crippen molar-refractivity contribution in [3.63, 3.8) is 0 Å². The van der Waals surface area contributed by atoms with Crippen LogP contribution < -0.4 is 4.90 Å². The highest BCUT2D eigenvalue weighted by atomic mass is 16.2. The van der Waals surface area contributed by atoms with Crippen molar-refractivity contribution in [2.24, 2.45) is 0 Å². The fraction of sp³-hybridized carbons (Fsp3) is 0.300. The van der Waals surface area contributed by atoms with Gasteiger partial charge in [-0.3, -0.25) is 4.79 Å². The van der Waals surface area contributed by atoms with Crippen LogP contribution in [0.25, 0.3) is 5.82 Å². The van der Waals surface area contributed by atoms with Crippen LogP contribution >= 0.6 is 0 Å². The average molecular weight is 362 g/mol. The number of benzene rings is 1. The quantitative estimate of drug-likeness (QED) is 0.715. The molecule has 3 heterocycles. The number of aromatic nitrogens is 4. The van der Waals surface area contributed by atoms with Crippen LogP contribution in [0.5, 0.6) is 0 Å². The van der Waals surface area contributed by atoms with Crippen LogP contribution in [0.2, 0.25) is 0 Å². The van der Waals surface area contributed by atoms with Crippen LogP contribution in [0.1, 0.15) is 21.6 Å². The third-order valence-corrected chi connectivity index (χ3v) is 4.86. The topological polar surface area (TPSA) is 67.2 Å². The molecule has 1 fully saturated rings. The smallest absolute Gasteiger partial charge is 0.254 e. The number of rotatable bonds is 3. The van der Waals surface area contributed by atoms with Gasteiger partial charge in [-0.05, 0) is 43.7 Å². The molecule has 1 aliphatic rings. The van der Waals surface area contributed by atoms with Gasteiger partial charge in [0.05, 0.1) is 5.69 Å². The number of piperazine rings is 1. The molecule has 3 aromatic rings. The summed E-state index contributed by atoms with van der Waals surface area (Å²) in [5, 5.41) is 13.0. The van der Waals surface area contributed by atoms with Crippen molar-refractivity contribution in [1.82, 2.24) is 24.9 Å². The molecule has 0 unspecified atom stereocenters. The first kappa shape index (κ1) is 17.2. The van der Waals surface area contributed by atoms with Crippen LogP contribution in [0.15, 0.2) is 48.7 Å². The number of carbonyl (C=O) groups excluding carboxylic acids is 1. The largest absolute Gasteiger partial charge is 0.352 e. The minimum absolute atomic E-state index is 0.100. The molecule has 1 aromatic carbocycles. The first-order chi connectivity index (χ1) is 13.1. The Labute approximate surface area is 158 Å². The first-order valence-electron chi connectivity index (χ1n) is 9.08. The SMILES string of the molecule is Cc1ccn(-c2ccc(N3CCN(C(=O)c4ccccc4C)CC3)nn2)n1. The Morgan fingerprint density at radius 3 is 2.22 bits per heavy atom. The van der Waals surface area contributed by atoms with Crippen LogP contribution in [0, 0.1) is 13.8 Å². The fourth-order valence-electron chi connectivity index (χ4n) is 3.27. The summed E-state index contributed by atoms with van der Waals surface area (Å²) in [7, 11) is 0. The van der Waals surface area contributed by atoms with Crippen molar-refractivity contribution in [3.8, 4) is 5.82 Å². The molecule has 7 heteroatoms. The molecular formula is C20H22N6O. The number of hydrogen-bond donors (Lipinski definition) is 0. The number of anilines is 1. The molecule has 1 amide bonds. The van der Waals surface area contributed by atoms with E-state index >= 15 is 0 Å². The molecule has 1 aliphatic heterocycles. The second kappa shape index (κ2) is 7.19. The maximum Gasteiger partial charge on any atom is 0.254 e. The highest BCUT2D eigenvalue weighted by Gasteiger charge is 2.23. The summed E-state index contributed by atoms with van der Waals surface area (Å²) in [6, 6.07) is 13.5. The summed E-state index contributed by atoms with van der Waals surface area (Å²) in [5.74, 6) is 1.62. The van der Waals surface area contributed by atoms with Crippen LogP contribution in [-0.4, -0.2) is 57.0 Å². The van der Waals surface area contributed by atoms with E-state index in [4.69, 9.17) is 0 Å². The highest BCUT2D eigenvalue weighted by molar-refractivity contribution is 5.95. The Morgan fingerprint density at radius 1 is 0.889 bits per heavy atom. The second-order valence-corrected chi connectivity index (χ2v) is 6.75. The lowest BCUT2D eigenvalue weighted by Crippen LogP contribution is -2.49. The summed E-state index contributed by atoms with van der Waals surface area (Å²) in [5.41, 5.74) is 2.74. The van der Waals surface area contributed by atoms with Gasteiger partial charge in [0.2, 0.25) is 0 Å². The molecular weight excluding hydrogens is 340 g/mol. The molecule has 27 heavy (non-hydrogen) atoms. The standard InChI is InChI=1S/C20H22N6O/c1-15-5-3-4-6-17(15)20(27)25-13-11-24(12-14-25)18-7-8-19(22-21-18)26-10-9-16(2)23-26/h3-10H,11-14H2,1-2H3. The van der Waals surface area contributed by atoms with E-state index in [2.05, 4.69) is 20.2 Å². The summed E-state index contributed by atoms with van der Waals surface area (Å²) in [4.78, 5) is 16.8. The van der Waals surface area contributed by atoms with Crippen molar-refractivity contribution < 1.29 is 4.79 Å². The average Bonchev–Trinajstić information content (AvgIpc) is 3.14. The van der Waals surface area contributed by atoms with E-state index in [9.17, 15) is 4.79 Å². The summed E-state index contributed by atoms with van der Waals surface area (Å²) >= 11 is 0. The molecule has 4 rings (SSSR count). The van der Waals surface area contributed by atoms with Gasteiger partial charge in [-0.2, -0.15) is 5.10 Å². The van der Waals surface area contributed by atoms with E-state index in [1.807, 2.05) is 67.4 Å². The van der Waals surface area contributed by atoms with Gasteiger partial charge in [-0.15, -0.1) is 10.2 Å². The maximum absolute atomic E-state index is 12.7. The highest BCUT2D eigenvalue weighted by Crippen LogP contribution is 2.17. The Bertz CT molecular complexity index is 941. The molecule has 0 atom stereocenters. The fourth-order valence-corrected chi connectivity index (χ4v) is 3.27. The monoisotopic (exact) mass is 362 g/mol. The lowest BCUT2D eigenvalue weighted by atomic mass is 10.1. The number of carbonyl (C=O) groups is 1. The molecule has 2 aromatic heterocycles. The third kappa shape index (κ3) is 3.53. The van der Waals surface area contributed by atoms with E-state index in [1.165, 1.54) is 0 Å². The molecule has 0 saturated carbocycles. The number of amides is 1. The summed E-state index contributed by atoms with van der Waals surface area (Å²) in [6.07, 6.45) is 1.87. The Balaban J connectivity index is 1.40. The van der Waals surface area contributed by atoms with Gasteiger partial charge in [0.1, 0.15) is 0 Å². The van der Waals surface area contributed by atoms with Crippen molar-refractivity contribution in [2.45, 2.75) is 13.8 Å². The summed E-state index contributed by atoms with van der Waals surface area (Å²) in [6.45, 7) is 6.75. The van der Waals surface area contributed by atoms with Crippen molar-refractivity contribution in [3.05, 3.63) is 65.5 Å². The lowest BCUT2D eigenvalue weighted by Gasteiger charge is -2.35. The Morgan fingerprint density at radius 2 is 1.59 bits per heavy atom. The number of aryl methyl sites for hydroxylation is 2. The van der Waals surface area contributed by atoms with Crippen molar-refractivity contribution in [2.75, 3.05) is 31.1 Å². The van der Waals surface area contributed by atoms with E-state index in [1.54, 1.807) is 4.68 Å². The molecule has 1 saturated heterocycles. The normalized spacial score (nSPS) is 14.4. The molecule has 0 bridgehead atoms. The van der Waals surface area contributed by atoms with Gasteiger partial charge in [-0.25, -0.2) is 4.68 Å². The Kier molecular flexibility index (Phi) is 4.58. The zero-order valence-electron chi connectivity index (χ0n) is 15.5. The van der Waals surface area contributed by atoms with Crippen LogP contribution in [-0.2, 0) is 0 Å². The van der Waals surface area contributed by atoms with Crippen molar-refractivity contribution >= 4 is 11.7 Å². The van der Waals surface area contributed by atoms with Crippen LogP contribution in [0.4, 0.5) is 5.82 Å². The zero-order chi connectivity index (χ0) is 18.8. The molecule has 138 valence electrons. The van der Waals surface area contributed by atoms with Crippen molar-refractivity contribution in [1.29, 1.82) is 0 Å². The van der Waals surface area contributed by atoms with Gasteiger partial charge in [0, 0.05) is 37.9 Å². The van der Waals surface area contributed by atoms with Gasteiger partial charge < -0.3 is 9.80 Å². The van der Waals surface area contributed by atoms with Gasteiger partial charge in [-0.1, -0.05) is 18.2 Å².